The van der Waals surface area contributed by atoms with Gasteiger partial charge in [-0.3, -0.25) is 10.1 Å². The number of benzene rings is 1. The first-order valence-electron chi connectivity index (χ1n) is 5.55. The van der Waals surface area contributed by atoms with Crippen LogP contribution in [0.15, 0.2) is 30.5 Å². The minimum atomic E-state index is -0.384. The molecular weight excluding hydrogens is 218 g/mol. The smallest absolute Gasteiger partial charge is 0.269 e. The monoisotopic (exact) mass is 229 g/mol. The number of nitro groups is 1. The Morgan fingerprint density at radius 3 is 2.76 bits per heavy atom. The third-order valence-electron chi connectivity index (χ3n) is 3.09. The number of hydrogen-bond acceptors (Lipinski definition) is 3. The van der Waals surface area contributed by atoms with Crippen LogP contribution in [0.1, 0.15) is 12.2 Å². The summed E-state index contributed by atoms with van der Waals surface area (Å²) >= 11 is 0. The minimum absolute atomic E-state index is 0.120. The molecule has 2 aromatic rings. The van der Waals surface area contributed by atoms with Crippen LogP contribution < -0.4 is 0 Å². The van der Waals surface area contributed by atoms with Crippen molar-refractivity contribution in [1.29, 1.82) is 0 Å². The third-order valence-corrected chi connectivity index (χ3v) is 3.09. The van der Waals surface area contributed by atoms with Crippen LogP contribution in [0.4, 0.5) is 5.69 Å². The number of nitrogens with zero attached hydrogens (tertiary/aromatic N) is 3. The first-order valence-corrected chi connectivity index (χ1v) is 5.55. The van der Waals surface area contributed by atoms with Crippen LogP contribution in [0.2, 0.25) is 0 Å². The van der Waals surface area contributed by atoms with Crippen LogP contribution >= 0.6 is 0 Å². The summed E-state index contributed by atoms with van der Waals surface area (Å²) in [5, 5.41) is 10.6. The standard InChI is InChI=1S/C12H11N3O2/c16-15(17)10-5-3-9(4-6-10)11-8-13-12-2-1-7-14(11)12/h3-6,8H,1-2,7H2. The molecule has 3 rings (SSSR count). The van der Waals surface area contributed by atoms with Crippen LogP contribution in [0.3, 0.4) is 0 Å². The Morgan fingerprint density at radius 1 is 1.29 bits per heavy atom. The molecule has 0 radical (unpaired) electrons. The predicted octanol–water partition coefficient (Wildman–Crippen LogP) is 2.40. The maximum Gasteiger partial charge on any atom is 0.269 e. The Hall–Kier alpha value is -2.17. The lowest BCUT2D eigenvalue weighted by molar-refractivity contribution is -0.384. The van der Waals surface area contributed by atoms with Gasteiger partial charge in [-0.05, 0) is 18.6 Å². The number of imidazole rings is 1. The van der Waals surface area contributed by atoms with Gasteiger partial charge in [-0.25, -0.2) is 4.98 Å². The number of aryl methyl sites for hydroxylation is 1. The second-order valence-corrected chi connectivity index (χ2v) is 4.12. The molecule has 0 spiro atoms. The van der Waals surface area contributed by atoms with E-state index >= 15 is 0 Å². The summed E-state index contributed by atoms with van der Waals surface area (Å²) in [6, 6.07) is 6.62. The Kier molecular flexibility index (Phi) is 2.18. The topological polar surface area (TPSA) is 61.0 Å². The lowest BCUT2D eigenvalue weighted by Crippen LogP contribution is -1.95. The highest BCUT2D eigenvalue weighted by Gasteiger charge is 2.16. The summed E-state index contributed by atoms with van der Waals surface area (Å²) in [7, 11) is 0. The van der Waals surface area contributed by atoms with Gasteiger partial charge in [0.2, 0.25) is 0 Å². The van der Waals surface area contributed by atoms with E-state index in [1.165, 1.54) is 12.1 Å². The van der Waals surface area contributed by atoms with Gasteiger partial charge in [-0.15, -0.1) is 0 Å². The van der Waals surface area contributed by atoms with Crippen LogP contribution in [0.25, 0.3) is 11.3 Å². The van der Waals surface area contributed by atoms with Crippen molar-refractivity contribution in [1.82, 2.24) is 9.55 Å². The molecule has 1 aliphatic rings. The van der Waals surface area contributed by atoms with E-state index in [1.54, 1.807) is 12.1 Å². The summed E-state index contributed by atoms with van der Waals surface area (Å²) in [4.78, 5) is 14.5. The summed E-state index contributed by atoms with van der Waals surface area (Å²) < 4.78 is 2.18. The highest BCUT2D eigenvalue weighted by atomic mass is 16.6. The second-order valence-electron chi connectivity index (χ2n) is 4.12. The number of fused-ring (bicyclic) bond motifs is 1. The molecule has 0 atom stereocenters. The first kappa shape index (κ1) is 10.0. The van der Waals surface area contributed by atoms with Gasteiger partial charge in [0, 0.05) is 30.7 Å². The molecule has 0 N–H and O–H groups in total. The van der Waals surface area contributed by atoms with Gasteiger partial charge in [0.25, 0.3) is 5.69 Å². The van der Waals surface area contributed by atoms with Crippen molar-refractivity contribution in [2.45, 2.75) is 19.4 Å². The molecular formula is C12H11N3O2. The highest BCUT2D eigenvalue weighted by molar-refractivity contribution is 5.61. The SMILES string of the molecule is O=[N+]([O-])c1ccc(-c2cnc3n2CCC3)cc1. The van der Waals surface area contributed by atoms with E-state index in [0.29, 0.717) is 0 Å². The van der Waals surface area contributed by atoms with Crippen molar-refractivity contribution in [2.24, 2.45) is 0 Å². The van der Waals surface area contributed by atoms with Gasteiger partial charge in [0.05, 0.1) is 16.8 Å². The average molecular weight is 229 g/mol. The molecule has 0 fully saturated rings. The van der Waals surface area contributed by atoms with E-state index in [4.69, 9.17) is 0 Å². The molecule has 1 aromatic heterocycles. The summed E-state index contributed by atoms with van der Waals surface area (Å²) in [5.41, 5.74) is 2.15. The van der Waals surface area contributed by atoms with Gasteiger partial charge in [-0.2, -0.15) is 0 Å². The van der Waals surface area contributed by atoms with E-state index in [9.17, 15) is 10.1 Å². The van der Waals surface area contributed by atoms with Crippen molar-refractivity contribution < 1.29 is 4.92 Å². The molecule has 1 aromatic carbocycles. The molecule has 2 heterocycles. The van der Waals surface area contributed by atoms with Gasteiger partial charge < -0.3 is 4.57 Å². The highest BCUT2D eigenvalue weighted by Crippen LogP contribution is 2.26. The maximum atomic E-state index is 10.6. The van der Waals surface area contributed by atoms with E-state index in [2.05, 4.69) is 9.55 Å². The number of non-ortho nitro benzene ring substituents is 1. The largest absolute Gasteiger partial charge is 0.328 e. The molecule has 17 heavy (non-hydrogen) atoms. The van der Waals surface area contributed by atoms with E-state index in [0.717, 1.165) is 36.5 Å². The van der Waals surface area contributed by atoms with Crippen LogP contribution in [-0.4, -0.2) is 14.5 Å². The van der Waals surface area contributed by atoms with Gasteiger partial charge in [-0.1, -0.05) is 0 Å². The second kappa shape index (κ2) is 3.69. The molecule has 0 saturated heterocycles. The van der Waals surface area contributed by atoms with Crippen molar-refractivity contribution >= 4 is 5.69 Å². The zero-order valence-corrected chi connectivity index (χ0v) is 9.17. The third kappa shape index (κ3) is 1.60. The molecule has 1 aliphatic heterocycles. The number of aromatic nitrogens is 2. The minimum Gasteiger partial charge on any atom is -0.328 e. The normalized spacial score (nSPS) is 13.6. The van der Waals surface area contributed by atoms with Crippen LogP contribution in [-0.2, 0) is 13.0 Å². The fourth-order valence-electron chi connectivity index (χ4n) is 2.24. The average Bonchev–Trinajstić information content (AvgIpc) is 2.90. The lowest BCUT2D eigenvalue weighted by Gasteiger charge is -2.04. The molecule has 0 bridgehead atoms. The van der Waals surface area contributed by atoms with Crippen LogP contribution in [0, 0.1) is 10.1 Å². The quantitative estimate of drug-likeness (QED) is 0.586. The summed E-state index contributed by atoms with van der Waals surface area (Å²) in [5.74, 6) is 1.11. The predicted molar refractivity (Wildman–Crippen MR) is 62.6 cm³/mol. The molecule has 0 amide bonds. The fourth-order valence-corrected chi connectivity index (χ4v) is 2.24. The zero-order valence-electron chi connectivity index (χ0n) is 9.17. The Morgan fingerprint density at radius 2 is 2.06 bits per heavy atom. The molecule has 0 aliphatic carbocycles. The van der Waals surface area contributed by atoms with Gasteiger partial charge >= 0.3 is 0 Å². The Labute approximate surface area is 97.9 Å². The lowest BCUT2D eigenvalue weighted by atomic mass is 10.1. The van der Waals surface area contributed by atoms with E-state index < -0.39 is 0 Å². The maximum absolute atomic E-state index is 10.6. The van der Waals surface area contributed by atoms with Crippen molar-refractivity contribution in [3.05, 3.63) is 46.4 Å². The molecule has 5 heteroatoms. The Balaban J connectivity index is 2.01. The zero-order chi connectivity index (χ0) is 11.8. The van der Waals surface area contributed by atoms with Crippen LogP contribution in [0.5, 0.6) is 0 Å². The van der Waals surface area contributed by atoms with E-state index in [1.807, 2.05) is 6.20 Å². The first-order chi connectivity index (χ1) is 8.25. The summed E-state index contributed by atoms with van der Waals surface area (Å²) in [6.45, 7) is 0.988. The molecule has 0 unspecified atom stereocenters. The number of hydrogen-bond donors (Lipinski definition) is 0. The van der Waals surface area contributed by atoms with Crippen molar-refractivity contribution in [3.8, 4) is 11.3 Å². The molecule has 86 valence electrons. The van der Waals surface area contributed by atoms with Crippen molar-refractivity contribution in [3.63, 3.8) is 0 Å². The van der Waals surface area contributed by atoms with Gasteiger partial charge in [0.1, 0.15) is 5.82 Å². The Bertz CT molecular complexity index is 572. The number of rotatable bonds is 2. The number of nitro benzene ring substituents is 1. The van der Waals surface area contributed by atoms with Crippen molar-refractivity contribution in [2.75, 3.05) is 0 Å². The molecule has 5 nitrogen and oxygen atoms in total. The molecule has 0 saturated carbocycles. The fraction of sp³-hybridized carbons (Fsp3) is 0.250. The summed E-state index contributed by atoms with van der Waals surface area (Å²) in [6.07, 6.45) is 3.99. The van der Waals surface area contributed by atoms with Gasteiger partial charge in [0.15, 0.2) is 0 Å². The van der Waals surface area contributed by atoms with E-state index in [-0.39, 0.29) is 10.6 Å².